The zero-order valence-electron chi connectivity index (χ0n) is 15.4. The summed E-state index contributed by atoms with van der Waals surface area (Å²) in [6, 6.07) is 25.4. The van der Waals surface area contributed by atoms with Crippen LogP contribution in [-0.4, -0.2) is 19.1 Å². The van der Waals surface area contributed by atoms with Gasteiger partial charge in [0.1, 0.15) is 12.6 Å². The number of esters is 1. The molecule has 1 N–H and O–H groups in total. The number of fused-ring (bicyclic) bond motifs is 1. The third-order valence-corrected chi connectivity index (χ3v) is 4.63. The molecule has 3 aromatic carbocycles. The fourth-order valence-electron chi connectivity index (χ4n) is 2.25. The first kappa shape index (κ1) is 20.7. The molecule has 0 aliphatic carbocycles. The normalized spacial score (nSPS) is 11.9. The molecule has 3 rings (SSSR count). The molecule has 0 saturated carbocycles. The van der Waals surface area contributed by atoms with Crippen LogP contribution in [0.5, 0.6) is 0 Å². The van der Waals surface area contributed by atoms with Gasteiger partial charge in [0.25, 0.3) is 0 Å². The SMILES string of the molecule is CO[P+](=O)N[C@H](C)C(=O)OCc1ccccc1.c1ccc2ccccc2c1. The molecule has 3 aromatic rings. The van der Waals surface area contributed by atoms with E-state index in [1.165, 1.54) is 17.9 Å². The molecule has 0 bridgehead atoms. The lowest BCUT2D eigenvalue weighted by molar-refractivity contribution is -0.146. The van der Waals surface area contributed by atoms with Gasteiger partial charge in [-0.2, -0.15) is 0 Å². The second kappa shape index (κ2) is 11.2. The molecule has 0 heterocycles. The van der Waals surface area contributed by atoms with E-state index in [0.29, 0.717) is 0 Å². The molecule has 6 heteroatoms. The molecule has 0 amide bonds. The molecule has 1 unspecified atom stereocenters. The topological polar surface area (TPSA) is 64.6 Å². The highest BCUT2D eigenvalue weighted by atomic mass is 31.1. The van der Waals surface area contributed by atoms with Gasteiger partial charge in [0.15, 0.2) is 0 Å². The lowest BCUT2D eigenvalue weighted by Gasteiger charge is -2.07. The number of rotatable bonds is 6. The molecule has 0 fully saturated rings. The van der Waals surface area contributed by atoms with Crippen molar-refractivity contribution < 1.29 is 18.6 Å². The van der Waals surface area contributed by atoms with E-state index in [1.54, 1.807) is 6.92 Å². The number of ether oxygens (including phenoxy) is 1. The van der Waals surface area contributed by atoms with Gasteiger partial charge in [-0.05, 0) is 27.8 Å². The Bertz CT molecular complexity index is 805. The number of hydrogen-bond acceptors (Lipinski definition) is 4. The Labute approximate surface area is 160 Å². The van der Waals surface area contributed by atoms with Crippen LogP contribution in [0.3, 0.4) is 0 Å². The van der Waals surface area contributed by atoms with Crippen molar-refractivity contribution in [2.24, 2.45) is 0 Å². The summed E-state index contributed by atoms with van der Waals surface area (Å²) in [4.78, 5) is 11.5. The molecule has 2 atom stereocenters. The van der Waals surface area contributed by atoms with Crippen molar-refractivity contribution in [3.05, 3.63) is 84.4 Å². The second-order valence-electron chi connectivity index (χ2n) is 5.73. The third kappa shape index (κ3) is 7.27. The summed E-state index contributed by atoms with van der Waals surface area (Å²) in [5.41, 5.74) is 0.907. The summed E-state index contributed by atoms with van der Waals surface area (Å²) in [7, 11) is -0.717. The summed E-state index contributed by atoms with van der Waals surface area (Å²) in [6.07, 6.45) is 0. The predicted molar refractivity (Wildman–Crippen MR) is 107 cm³/mol. The van der Waals surface area contributed by atoms with Gasteiger partial charge in [-0.15, -0.1) is 4.52 Å². The van der Waals surface area contributed by atoms with Crippen LogP contribution in [0.25, 0.3) is 10.8 Å². The van der Waals surface area contributed by atoms with Gasteiger partial charge in [-0.25, -0.2) is 0 Å². The van der Waals surface area contributed by atoms with Crippen LogP contribution < -0.4 is 5.09 Å². The Morgan fingerprint density at radius 1 is 0.926 bits per heavy atom. The van der Waals surface area contributed by atoms with Crippen LogP contribution in [0, 0.1) is 0 Å². The van der Waals surface area contributed by atoms with Crippen LogP contribution in [-0.2, 0) is 25.2 Å². The van der Waals surface area contributed by atoms with Gasteiger partial charge in [0.05, 0.1) is 7.11 Å². The van der Waals surface area contributed by atoms with E-state index in [-0.39, 0.29) is 6.61 Å². The molecule has 0 spiro atoms. The van der Waals surface area contributed by atoms with Gasteiger partial charge in [-0.1, -0.05) is 84.0 Å². The smallest absolute Gasteiger partial charge is 0.460 e. The standard InChI is InChI=1S/C11H15NO4P.C10H8/c1-9(12-17(14)15-2)11(13)16-8-10-6-4-3-5-7-10;1-2-6-10-8-4-3-7-9(10)5-1/h3-7,9H,8H2,1-2H3,(H,12,14);1-8H/q+1;/t9-;/m1./s1. The van der Waals surface area contributed by atoms with E-state index < -0.39 is 20.2 Å². The molecule has 0 aliphatic rings. The van der Waals surface area contributed by atoms with Gasteiger partial charge in [-0.3, -0.25) is 4.79 Å². The highest BCUT2D eigenvalue weighted by molar-refractivity contribution is 7.36. The van der Waals surface area contributed by atoms with Crippen molar-refractivity contribution in [1.82, 2.24) is 5.09 Å². The third-order valence-electron chi connectivity index (χ3n) is 3.70. The first-order valence-electron chi connectivity index (χ1n) is 8.52. The van der Waals surface area contributed by atoms with Crippen molar-refractivity contribution in [2.45, 2.75) is 19.6 Å². The Hall–Kier alpha value is -2.59. The average Bonchev–Trinajstić information content (AvgIpc) is 2.73. The van der Waals surface area contributed by atoms with E-state index >= 15 is 0 Å². The van der Waals surface area contributed by atoms with Crippen molar-refractivity contribution >= 4 is 24.9 Å². The largest absolute Gasteiger partial charge is 0.613 e. The van der Waals surface area contributed by atoms with Crippen LogP contribution in [0.15, 0.2) is 78.9 Å². The molecule has 0 aromatic heterocycles. The summed E-state index contributed by atoms with van der Waals surface area (Å²) >= 11 is 0. The summed E-state index contributed by atoms with van der Waals surface area (Å²) in [6.45, 7) is 1.77. The van der Waals surface area contributed by atoms with Gasteiger partial charge in [0.2, 0.25) is 0 Å². The van der Waals surface area contributed by atoms with E-state index in [2.05, 4.69) is 58.1 Å². The van der Waals surface area contributed by atoms with Gasteiger partial charge in [0, 0.05) is 0 Å². The maximum absolute atomic E-state index is 11.5. The number of nitrogens with one attached hydrogen (secondary N) is 1. The molecular weight excluding hydrogens is 361 g/mol. The maximum atomic E-state index is 11.5. The monoisotopic (exact) mass is 384 g/mol. The highest BCUT2D eigenvalue weighted by Gasteiger charge is 2.25. The highest BCUT2D eigenvalue weighted by Crippen LogP contribution is 2.15. The van der Waals surface area contributed by atoms with Crippen molar-refractivity contribution in [1.29, 1.82) is 0 Å². The zero-order chi connectivity index (χ0) is 19.5. The molecular formula is C21H23NO4P+. The minimum Gasteiger partial charge on any atom is -0.460 e. The summed E-state index contributed by atoms with van der Waals surface area (Å²) < 4.78 is 20.6. The number of carbonyl (C=O) groups is 1. The quantitative estimate of drug-likeness (QED) is 0.486. The Morgan fingerprint density at radius 2 is 1.41 bits per heavy atom. The summed E-state index contributed by atoms with van der Waals surface area (Å²) in [5, 5.41) is 5.10. The Kier molecular flexibility index (Phi) is 8.59. The molecule has 27 heavy (non-hydrogen) atoms. The molecule has 140 valence electrons. The maximum Gasteiger partial charge on any atom is 0.613 e. The van der Waals surface area contributed by atoms with Crippen molar-refractivity contribution in [3.63, 3.8) is 0 Å². The first-order valence-corrected chi connectivity index (χ1v) is 9.70. The molecule has 0 radical (unpaired) electrons. The number of carbonyl (C=O) groups excluding carboxylic acids is 1. The fraction of sp³-hybridized carbons (Fsp3) is 0.190. The molecule has 5 nitrogen and oxygen atoms in total. The van der Waals surface area contributed by atoms with E-state index in [4.69, 9.17) is 4.74 Å². The van der Waals surface area contributed by atoms with Crippen LogP contribution in [0.4, 0.5) is 0 Å². The first-order chi connectivity index (χ1) is 13.1. The van der Waals surface area contributed by atoms with Gasteiger partial charge >= 0.3 is 14.1 Å². The van der Waals surface area contributed by atoms with Crippen LogP contribution in [0.2, 0.25) is 0 Å². The number of hydrogen-bond donors (Lipinski definition) is 1. The summed E-state index contributed by atoms with van der Waals surface area (Å²) in [5.74, 6) is -0.464. The Morgan fingerprint density at radius 3 is 1.89 bits per heavy atom. The number of benzene rings is 3. The molecule has 0 aliphatic heterocycles. The van der Waals surface area contributed by atoms with Crippen LogP contribution in [0.1, 0.15) is 12.5 Å². The lowest BCUT2D eigenvalue weighted by atomic mass is 10.1. The lowest BCUT2D eigenvalue weighted by Crippen LogP contribution is -2.30. The minimum atomic E-state index is -2.02. The van der Waals surface area contributed by atoms with Crippen LogP contribution >= 0.6 is 8.18 Å². The molecule has 0 saturated heterocycles. The average molecular weight is 384 g/mol. The minimum absolute atomic E-state index is 0.204. The van der Waals surface area contributed by atoms with Crippen molar-refractivity contribution in [3.8, 4) is 0 Å². The Balaban J connectivity index is 0.000000219. The fourth-order valence-corrected chi connectivity index (χ4v) is 2.78. The van der Waals surface area contributed by atoms with E-state index in [1.807, 2.05) is 30.3 Å². The zero-order valence-corrected chi connectivity index (χ0v) is 16.3. The van der Waals surface area contributed by atoms with Crippen molar-refractivity contribution in [2.75, 3.05) is 7.11 Å². The second-order valence-corrected chi connectivity index (χ2v) is 6.87. The van der Waals surface area contributed by atoms with E-state index in [0.717, 1.165) is 5.56 Å². The van der Waals surface area contributed by atoms with E-state index in [9.17, 15) is 9.36 Å². The predicted octanol–water partition coefficient (Wildman–Crippen LogP) is 4.85. The van der Waals surface area contributed by atoms with Gasteiger partial charge < -0.3 is 4.74 Å².